The number of carbonyl (C=O) groups excluding carboxylic acids is 2. The summed E-state index contributed by atoms with van der Waals surface area (Å²) in [6, 6.07) is 3.35. The van der Waals surface area contributed by atoms with Gasteiger partial charge < -0.3 is 9.47 Å². The Balaban J connectivity index is 2.05. The zero-order chi connectivity index (χ0) is 13.1. The van der Waals surface area contributed by atoms with Gasteiger partial charge in [0.15, 0.2) is 0 Å². The van der Waals surface area contributed by atoms with E-state index < -0.39 is 0 Å². The van der Waals surface area contributed by atoms with Gasteiger partial charge in [0.1, 0.15) is 12.3 Å². The quantitative estimate of drug-likeness (QED) is 0.811. The summed E-state index contributed by atoms with van der Waals surface area (Å²) in [4.78, 5) is 36.4. The van der Waals surface area contributed by atoms with Crippen LogP contribution in [0.5, 0.6) is 0 Å². The summed E-state index contributed by atoms with van der Waals surface area (Å²) in [5.74, 6) is 0.0707. The average Bonchev–Trinajstić information content (AvgIpc) is 2.36. The number of halogens is 1. The number of hydrogen-bond acceptors (Lipinski definition) is 3. The molecule has 0 radical (unpaired) electrons. The highest BCUT2D eigenvalue weighted by Gasteiger charge is 2.21. The van der Waals surface area contributed by atoms with Crippen LogP contribution in [-0.2, 0) is 16.1 Å². The topological polar surface area (TPSA) is 59.4 Å². The first-order valence-electron chi connectivity index (χ1n) is 5.72. The molecule has 1 amide bonds. The van der Waals surface area contributed by atoms with E-state index in [0.717, 1.165) is 0 Å². The Bertz CT molecular complexity index is 528. The van der Waals surface area contributed by atoms with Gasteiger partial charge in [-0.3, -0.25) is 14.4 Å². The third-order valence-electron chi connectivity index (χ3n) is 2.95. The fourth-order valence-corrected chi connectivity index (χ4v) is 2.26. The number of ketones is 1. The lowest BCUT2D eigenvalue weighted by molar-refractivity contribution is -0.135. The molecule has 2 rings (SSSR count). The highest BCUT2D eigenvalue weighted by molar-refractivity contribution is 9.10. The monoisotopic (exact) mass is 312 g/mol. The van der Waals surface area contributed by atoms with E-state index in [1.54, 1.807) is 23.2 Å². The molecule has 1 aromatic heterocycles. The normalized spacial score (nSPS) is 15.8. The van der Waals surface area contributed by atoms with Crippen LogP contribution in [0, 0.1) is 0 Å². The molecule has 0 aliphatic carbocycles. The standard InChI is InChI=1S/C12H13BrN2O3/c13-10-2-1-5-15(12(10)18)8-11(17)14-6-3-9(16)4-7-14/h1-2,5H,3-4,6-8H2. The number of pyridine rings is 1. The second-order valence-electron chi connectivity index (χ2n) is 4.21. The van der Waals surface area contributed by atoms with E-state index >= 15 is 0 Å². The van der Waals surface area contributed by atoms with Crippen LogP contribution >= 0.6 is 15.9 Å². The molecule has 18 heavy (non-hydrogen) atoms. The molecule has 0 bridgehead atoms. The summed E-state index contributed by atoms with van der Waals surface area (Å²) < 4.78 is 1.80. The number of carbonyl (C=O) groups is 2. The molecular weight excluding hydrogens is 300 g/mol. The Labute approximate surface area is 113 Å². The summed E-state index contributed by atoms with van der Waals surface area (Å²) in [7, 11) is 0. The predicted octanol–water partition coefficient (Wildman–Crippen LogP) is 0.802. The summed E-state index contributed by atoms with van der Waals surface area (Å²) in [6.07, 6.45) is 2.42. The number of likely N-dealkylation sites (tertiary alicyclic amines) is 1. The van der Waals surface area contributed by atoms with Gasteiger partial charge in [-0.05, 0) is 28.1 Å². The van der Waals surface area contributed by atoms with Crippen LogP contribution in [-0.4, -0.2) is 34.2 Å². The van der Waals surface area contributed by atoms with Crippen molar-refractivity contribution in [2.24, 2.45) is 0 Å². The van der Waals surface area contributed by atoms with Crippen LogP contribution in [0.25, 0.3) is 0 Å². The number of rotatable bonds is 2. The van der Waals surface area contributed by atoms with Crippen molar-refractivity contribution in [1.82, 2.24) is 9.47 Å². The fourth-order valence-electron chi connectivity index (χ4n) is 1.88. The van der Waals surface area contributed by atoms with E-state index in [1.807, 2.05) is 0 Å². The number of piperidine rings is 1. The van der Waals surface area contributed by atoms with Gasteiger partial charge in [0.05, 0.1) is 4.47 Å². The van der Waals surface area contributed by atoms with Crippen molar-refractivity contribution in [1.29, 1.82) is 0 Å². The number of nitrogens with zero attached hydrogens (tertiary/aromatic N) is 2. The van der Waals surface area contributed by atoms with Crippen LogP contribution in [0.15, 0.2) is 27.6 Å². The predicted molar refractivity (Wildman–Crippen MR) is 69.2 cm³/mol. The number of amides is 1. The van der Waals surface area contributed by atoms with Crippen molar-refractivity contribution in [2.75, 3.05) is 13.1 Å². The molecule has 96 valence electrons. The number of Topliss-reactive ketones (excluding diaryl/α,β-unsaturated/α-hetero) is 1. The molecule has 5 nitrogen and oxygen atoms in total. The lowest BCUT2D eigenvalue weighted by Crippen LogP contribution is -2.41. The maximum absolute atomic E-state index is 12.0. The zero-order valence-electron chi connectivity index (χ0n) is 9.76. The highest BCUT2D eigenvalue weighted by Crippen LogP contribution is 2.07. The highest BCUT2D eigenvalue weighted by atomic mass is 79.9. The summed E-state index contributed by atoms with van der Waals surface area (Å²) >= 11 is 3.14. The minimum atomic E-state index is -0.223. The average molecular weight is 313 g/mol. The van der Waals surface area contributed by atoms with Gasteiger partial charge in [0.2, 0.25) is 5.91 Å². The van der Waals surface area contributed by atoms with E-state index in [0.29, 0.717) is 30.4 Å². The third kappa shape index (κ3) is 2.87. The minimum Gasteiger partial charge on any atom is -0.340 e. The Morgan fingerprint density at radius 3 is 2.61 bits per heavy atom. The number of aromatic nitrogens is 1. The van der Waals surface area contributed by atoms with Crippen LogP contribution in [0.4, 0.5) is 0 Å². The van der Waals surface area contributed by atoms with E-state index in [4.69, 9.17) is 0 Å². The van der Waals surface area contributed by atoms with Crippen LogP contribution in [0.3, 0.4) is 0 Å². The second-order valence-corrected chi connectivity index (χ2v) is 5.06. The molecule has 0 spiro atoms. The van der Waals surface area contributed by atoms with Crippen LogP contribution in [0.1, 0.15) is 12.8 Å². The molecule has 0 atom stereocenters. The molecule has 0 unspecified atom stereocenters. The lowest BCUT2D eigenvalue weighted by Gasteiger charge is -2.26. The Hall–Kier alpha value is -1.43. The van der Waals surface area contributed by atoms with E-state index in [2.05, 4.69) is 15.9 Å². The third-order valence-corrected chi connectivity index (χ3v) is 3.56. The SMILES string of the molecule is O=C1CCN(C(=O)Cn2cccc(Br)c2=O)CC1. The van der Waals surface area contributed by atoms with Crippen LogP contribution in [0.2, 0.25) is 0 Å². The molecule has 0 saturated carbocycles. The van der Waals surface area contributed by atoms with Crippen molar-refractivity contribution in [2.45, 2.75) is 19.4 Å². The first-order valence-corrected chi connectivity index (χ1v) is 6.51. The van der Waals surface area contributed by atoms with Gasteiger partial charge in [-0.15, -0.1) is 0 Å². The lowest BCUT2D eigenvalue weighted by atomic mass is 10.1. The largest absolute Gasteiger partial charge is 0.340 e. The molecule has 0 N–H and O–H groups in total. The summed E-state index contributed by atoms with van der Waals surface area (Å²) in [6.45, 7) is 0.938. The number of hydrogen-bond donors (Lipinski definition) is 0. The van der Waals surface area contributed by atoms with Gasteiger partial charge in [0.25, 0.3) is 5.56 Å². The van der Waals surface area contributed by atoms with E-state index in [-0.39, 0.29) is 23.8 Å². The molecule has 1 aliphatic heterocycles. The van der Waals surface area contributed by atoms with Crippen molar-refractivity contribution < 1.29 is 9.59 Å². The maximum Gasteiger partial charge on any atom is 0.265 e. The second kappa shape index (κ2) is 5.48. The van der Waals surface area contributed by atoms with Gasteiger partial charge in [-0.25, -0.2) is 0 Å². The zero-order valence-corrected chi connectivity index (χ0v) is 11.4. The van der Waals surface area contributed by atoms with E-state index in [1.165, 1.54) is 4.57 Å². The van der Waals surface area contributed by atoms with E-state index in [9.17, 15) is 14.4 Å². The maximum atomic E-state index is 12.0. The molecule has 1 saturated heterocycles. The molecule has 6 heteroatoms. The molecular formula is C12H13BrN2O3. The Morgan fingerprint density at radius 2 is 1.94 bits per heavy atom. The molecule has 1 aliphatic rings. The van der Waals surface area contributed by atoms with Gasteiger partial charge in [-0.1, -0.05) is 0 Å². The Kier molecular flexibility index (Phi) is 3.96. The summed E-state index contributed by atoms with van der Waals surface area (Å²) in [5.41, 5.74) is -0.223. The molecule has 2 heterocycles. The first-order chi connectivity index (χ1) is 8.58. The van der Waals surface area contributed by atoms with Gasteiger partial charge >= 0.3 is 0 Å². The first kappa shape index (κ1) is 13.0. The van der Waals surface area contributed by atoms with Crippen molar-refractivity contribution in [3.05, 3.63) is 33.2 Å². The van der Waals surface area contributed by atoms with Crippen molar-refractivity contribution >= 4 is 27.6 Å². The molecule has 1 aromatic rings. The Morgan fingerprint density at radius 1 is 1.28 bits per heavy atom. The summed E-state index contributed by atoms with van der Waals surface area (Å²) in [5, 5.41) is 0. The van der Waals surface area contributed by atoms with Crippen molar-refractivity contribution in [3.8, 4) is 0 Å². The van der Waals surface area contributed by atoms with Gasteiger partial charge in [-0.2, -0.15) is 0 Å². The van der Waals surface area contributed by atoms with Gasteiger partial charge in [0, 0.05) is 32.1 Å². The molecule has 0 aromatic carbocycles. The van der Waals surface area contributed by atoms with Crippen molar-refractivity contribution in [3.63, 3.8) is 0 Å². The van der Waals surface area contributed by atoms with Crippen LogP contribution < -0.4 is 5.56 Å². The fraction of sp³-hybridized carbons (Fsp3) is 0.417. The smallest absolute Gasteiger partial charge is 0.265 e. The minimum absolute atomic E-state index is 0.0203. The molecule has 1 fully saturated rings.